The zero-order valence-electron chi connectivity index (χ0n) is 21.6. The first kappa shape index (κ1) is 24.4. The highest BCUT2D eigenvalue weighted by atomic mass is 16.5. The van der Waals surface area contributed by atoms with E-state index in [1.54, 1.807) is 7.11 Å². The van der Waals surface area contributed by atoms with Gasteiger partial charge in [0.25, 0.3) is 0 Å². The molecule has 3 saturated heterocycles. The number of nitrogens with zero attached hydrogens (tertiary/aromatic N) is 3. The molecule has 6 rings (SSSR count). The normalized spacial score (nSPS) is 23.0. The number of ether oxygens (including phenoxy) is 2. The Morgan fingerprint density at radius 3 is 2.53 bits per heavy atom. The predicted molar refractivity (Wildman–Crippen MR) is 142 cm³/mol. The number of benzene rings is 2. The van der Waals surface area contributed by atoms with E-state index in [9.17, 15) is 4.79 Å². The number of fused-ring (bicyclic) bond motifs is 3. The molecule has 1 amide bonds. The second kappa shape index (κ2) is 10.3. The van der Waals surface area contributed by atoms with Crippen LogP contribution in [-0.4, -0.2) is 53.6 Å². The van der Waals surface area contributed by atoms with E-state index in [4.69, 9.17) is 14.6 Å². The van der Waals surface area contributed by atoms with Crippen LogP contribution in [0.3, 0.4) is 0 Å². The minimum Gasteiger partial charge on any atom is -0.497 e. The summed E-state index contributed by atoms with van der Waals surface area (Å²) in [4.78, 5) is 14.9. The van der Waals surface area contributed by atoms with Crippen molar-refractivity contribution in [3.63, 3.8) is 0 Å². The van der Waals surface area contributed by atoms with Gasteiger partial charge in [0, 0.05) is 42.5 Å². The van der Waals surface area contributed by atoms with Gasteiger partial charge in [0.1, 0.15) is 12.4 Å². The second-order valence-corrected chi connectivity index (χ2v) is 10.3. The Hall–Kier alpha value is -3.32. The van der Waals surface area contributed by atoms with E-state index in [0.717, 1.165) is 42.2 Å². The van der Waals surface area contributed by atoms with Crippen LogP contribution in [0.15, 0.2) is 54.6 Å². The minimum atomic E-state index is -0.387. The van der Waals surface area contributed by atoms with Crippen LogP contribution in [0.5, 0.6) is 5.75 Å². The van der Waals surface area contributed by atoms with E-state index in [1.807, 2.05) is 48.1 Å². The van der Waals surface area contributed by atoms with Crippen molar-refractivity contribution in [1.29, 1.82) is 0 Å². The summed E-state index contributed by atoms with van der Waals surface area (Å²) in [5.41, 5.74) is 5.37. The number of piperidine rings is 3. The lowest BCUT2D eigenvalue weighted by atomic mass is 9.74. The minimum absolute atomic E-state index is 0.267. The van der Waals surface area contributed by atoms with E-state index in [-0.39, 0.29) is 12.1 Å². The number of hydrogen-bond donors (Lipinski definition) is 1. The van der Waals surface area contributed by atoms with Gasteiger partial charge in [0.05, 0.1) is 12.8 Å². The lowest BCUT2D eigenvalue weighted by molar-refractivity contribution is -0.00222. The molecule has 0 saturated carbocycles. The van der Waals surface area contributed by atoms with Gasteiger partial charge in [0.2, 0.25) is 0 Å². The van der Waals surface area contributed by atoms with Crippen LogP contribution in [-0.2, 0) is 11.8 Å². The SMILES string of the molecule is COc1ccc(-c2cc([C@H]3CN4CC[C@H]3C[C@@H]4COC(=O)Nc3ccc(C(C)C)cc3)n(C)n2)cc1. The van der Waals surface area contributed by atoms with Gasteiger partial charge >= 0.3 is 6.09 Å². The van der Waals surface area contributed by atoms with E-state index < -0.39 is 0 Å². The number of carbonyl (C=O) groups excluding carboxylic acids is 1. The van der Waals surface area contributed by atoms with Crippen molar-refractivity contribution in [3.8, 4) is 17.0 Å². The number of amides is 1. The summed E-state index contributed by atoms with van der Waals surface area (Å²) in [5, 5.41) is 7.67. The molecule has 4 heterocycles. The molecule has 2 aromatic carbocycles. The molecule has 0 aliphatic carbocycles. The average molecular weight is 489 g/mol. The van der Waals surface area contributed by atoms with Crippen molar-refractivity contribution in [2.24, 2.45) is 13.0 Å². The molecule has 2 bridgehead atoms. The maximum absolute atomic E-state index is 12.4. The van der Waals surface area contributed by atoms with Crippen molar-refractivity contribution >= 4 is 11.8 Å². The summed E-state index contributed by atoms with van der Waals surface area (Å²) < 4.78 is 13.0. The van der Waals surface area contributed by atoms with E-state index in [0.29, 0.717) is 24.4 Å². The van der Waals surface area contributed by atoms with Crippen molar-refractivity contribution in [2.45, 2.75) is 44.6 Å². The van der Waals surface area contributed by atoms with Crippen molar-refractivity contribution in [2.75, 3.05) is 32.1 Å². The molecule has 0 radical (unpaired) electrons. The monoisotopic (exact) mass is 488 g/mol. The summed E-state index contributed by atoms with van der Waals surface area (Å²) in [5.74, 6) is 2.31. The highest BCUT2D eigenvalue weighted by molar-refractivity contribution is 5.84. The predicted octanol–water partition coefficient (Wildman–Crippen LogP) is 5.65. The van der Waals surface area contributed by atoms with Crippen molar-refractivity contribution in [3.05, 3.63) is 65.9 Å². The van der Waals surface area contributed by atoms with Crippen LogP contribution in [0, 0.1) is 5.92 Å². The molecule has 3 aromatic rings. The molecule has 36 heavy (non-hydrogen) atoms. The second-order valence-electron chi connectivity index (χ2n) is 10.3. The van der Waals surface area contributed by atoms with Crippen LogP contribution in [0.25, 0.3) is 11.3 Å². The quantitative estimate of drug-likeness (QED) is 0.466. The van der Waals surface area contributed by atoms with Crippen LogP contribution in [0.2, 0.25) is 0 Å². The Kier molecular flexibility index (Phi) is 7.01. The molecule has 7 nitrogen and oxygen atoms in total. The average Bonchev–Trinajstić information content (AvgIpc) is 3.29. The molecule has 3 aliphatic heterocycles. The summed E-state index contributed by atoms with van der Waals surface area (Å²) in [7, 11) is 3.72. The third-order valence-electron chi connectivity index (χ3n) is 7.79. The Morgan fingerprint density at radius 2 is 1.89 bits per heavy atom. The van der Waals surface area contributed by atoms with Crippen molar-refractivity contribution < 1.29 is 14.3 Å². The molecule has 1 N–H and O–H groups in total. The van der Waals surface area contributed by atoms with Gasteiger partial charge in [-0.25, -0.2) is 4.79 Å². The molecular formula is C29H36N4O3. The summed E-state index contributed by atoms with van der Waals surface area (Å²) in [6, 6.07) is 18.5. The largest absolute Gasteiger partial charge is 0.497 e. The van der Waals surface area contributed by atoms with Gasteiger partial charge in [-0.05, 0) is 79.3 Å². The molecule has 7 heteroatoms. The number of nitrogens with one attached hydrogen (secondary N) is 1. The fraction of sp³-hybridized carbons (Fsp3) is 0.448. The lowest BCUT2D eigenvalue weighted by Crippen LogP contribution is -2.54. The van der Waals surface area contributed by atoms with Crippen LogP contribution in [0.1, 0.15) is 49.8 Å². The number of rotatable bonds is 7. The van der Waals surface area contributed by atoms with Gasteiger partial charge < -0.3 is 9.47 Å². The Balaban J connectivity index is 1.18. The zero-order chi connectivity index (χ0) is 25.2. The van der Waals surface area contributed by atoms with Gasteiger partial charge in [-0.3, -0.25) is 14.9 Å². The maximum Gasteiger partial charge on any atom is 0.411 e. The third-order valence-corrected chi connectivity index (χ3v) is 7.79. The molecule has 0 spiro atoms. The number of carbonyl (C=O) groups is 1. The van der Waals surface area contributed by atoms with Gasteiger partial charge in [-0.1, -0.05) is 26.0 Å². The van der Waals surface area contributed by atoms with Crippen LogP contribution < -0.4 is 10.1 Å². The molecule has 190 valence electrons. The van der Waals surface area contributed by atoms with Gasteiger partial charge in [-0.2, -0.15) is 5.10 Å². The maximum atomic E-state index is 12.4. The first-order valence-electron chi connectivity index (χ1n) is 12.9. The number of anilines is 1. The molecule has 4 atom stereocenters. The van der Waals surface area contributed by atoms with Crippen LogP contribution in [0.4, 0.5) is 10.5 Å². The molecule has 1 aromatic heterocycles. The van der Waals surface area contributed by atoms with E-state index >= 15 is 0 Å². The smallest absolute Gasteiger partial charge is 0.411 e. The first-order chi connectivity index (χ1) is 17.4. The molecular weight excluding hydrogens is 452 g/mol. The molecule has 1 unspecified atom stereocenters. The van der Waals surface area contributed by atoms with Gasteiger partial charge in [-0.15, -0.1) is 0 Å². The lowest BCUT2D eigenvalue weighted by Gasteiger charge is -2.49. The molecule has 3 aliphatic rings. The fourth-order valence-corrected chi connectivity index (χ4v) is 5.66. The molecule has 3 fully saturated rings. The van der Waals surface area contributed by atoms with Crippen molar-refractivity contribution in [1.82, 2.24) is 14.7 Å². The number of hydrogen-bond acceptors (Lipinski definition) is 5. The number of aryl methyl sites for hydroxylation is 1. The third kappa shape index (κ3) is 5.12. The Morgan fingerprint density at radius 1 is 1.14 bits per heavy atom. The van der Waals surface area contributed by atoms with Gasteiger partial charge in [0.15, 0.2) is 0 Å². The zero-order valence-corrected chi connectivity index (χ0v) is 21.6. The summed E-state index contributed by atoms with van der Waals surface area (Å²) in [6.45, 7) is 6.75. The van der Waals surface area contributed by atoms with E-state index in [1.165, 1.54) is 17.7 Å². The summed E-state index contributed by atoms with van der Waals surface area (Å²) >= 11 is 0. The number of aromatic nitrogens is 2. The summed E-state index contributed by atoms with van der Waals surface area (Å²) in [6.07, 6.45) is 1.81. The Bertz CT molecular complexity index is 1190. The first-order valence-corrected chi connectivity index (χ1v) is 12.9. The van der Waals surface area contributed by atoms with E-state index in [2.05, 4.69) is 42.3 Å². The highest BCUT2D eigenvalue weighted by Gasteiger charge is 2.42. The topological polar surface area (TPSA) is 68.6 Å². The number of methoxy groups -OCH3 is 1. The fourth-order valence-electron chi connectivity index (χ4n) is 5.66. The highest BCUT2D eigenvalue weighted by Crippen LogP contribution is 2.42. The Labute approximate surface area is 213 Å². The van der Waals surface area contributed by atoms with Crippen LogP contribution >= 0.6 is 0 Å². The standard InChI is InChI=1S/C29H36N4O3/c1-19(2)20-5-9-23(10-6-20)30-29(34)36-18-24-15-22-13-14-33(24)17-26(22)28-16-27(31-32(28)3)21-7-11-25(35-4)12-8-21/h5-12,16,19,22,24,26H,13-15,17-18H2,1-4H3,(H,30,34)/t22-,24+,26-/m0/s1.